The van der Waals surface area contributed by atoms with Gasteiger partial charge in [-0.05, 0) is 91.0 Å². The van der Waals surface area contributed by atoms with Crippen molar-refractivity contribution in [2.24, 2.45) is 0 Å². The van der Waals surface area contributed by atoms with E-state index in [9.17, 15) is 0 Å². The van der Waals surface area contributed by atoms with E-state index < -0.39 is 0 Å². The molecule has 0 aromatic heterocycles. The van der Waals surface area contributed by atoms with E-state index in [2.05, 4.69) is 68.4 Å². The first kappa shape index (κ1) is 17.6. The Morgan fingerprint density at radius 2 is 1.50 bits per heavy atom. The largest absolute Gasteiger partial charge is 0.490 e. The van der Waals surface area contributed by atoms with Crippen LogP contribution in [0, 0.1) is 13.8 Å². The van der Waals surface area contributed by atoms with Gasteiger partial charge in [0, 0.05) is 5.56 Å². The highest BCUT2D eigenvalue weighted by atomic mass is 16.5. The summed E-state index contributed by atoms with van der Waals surface area (Å²) in [4.78, 5) is 0. The van der Waals surface area contributed by atoms with E-state index >= 15 is 0 Å². The lowest BCUT2D eigenvalue weighted by molar-refractivity contribution is 0.155. The molecule has 3 aromatic rings. The Bertz CT molecular complexity index is 1020. The molecule has 0 atom stereocenters. The van der Waals surface area contributed by atoms with Gasteiger partial charge in [0.05, 0.1) is 6.10 Å². The predicted molar refractivity (Wildman–Crippen MR) is 117 cm³/mol. The average molecular weight is 369 g/mol. The van der Waals surface area contributed by atoms with Gasteiger partial charge in [-0.3, -0.25) is 0 Å². The summed E-state index contributed by atoms with van der Waals surface area (Å²) in [5, 5.41) is 0. The molecule has 1 heteroatoms. The highest BCUT2D eigenvalue weighted by Gasteiger charge is 2.26. The number of hydrogen-bond donors (Lipinski definition) is 0. The maximum absolute atomic E-state index is 6.57. The van der Waals surface area contributed by atoms with Crippen molar-refractivity contribution in [2.45, 2.75) is 58.5 Å². The van der Waals surface area contributed by atoms with Gasteiger partial charge in [0.2, 0.25) is 0 Å². The van der Waals surface area contributed by atoms with Crippen molar-refractivity contribution >= 4 is 0 Å². The minimum Gasteiger partial charge on any atom is -0.490 e. The number of aryl methyl sites for hydroxylation is 1. The van der Waals surface area contributed by atoms with Crippen LogP contribution in [-0.2, 0) is 6.42 Å². The Morgan fingerprint density at radius 1 is 0.786 bits per heavy atom. The molecule has 0 aliphatic heterocycles. The molecule has 1 nitrogen and oxygen atoms in total. The van der Waals surface area contributed by atoms with Crippen molar-refractivity contribution in [2.75, 3.05) is 0 Å². The van der Waals surface area contributed by atoms with Gasteiger partial charge < -0.3 is 4.74 Å². The minimum atomic E-state index is 0.366. The minimum absolute atomic E-state index is 0.366. The topological polar surface area (TPSA) is 9.23 Å². The van der Waals surface area contributed by atoms with Crippen LogP contribution >= 0.6 is 0 Å². The molecule has 0 amide bonds. The molecule has 0 unspecified atom stereocenters. The zero-order valence-corrected chi connectivity index (χ0v) is 16.9. The van der Waals surface area contributed by atoms with E-state index in [1.165, 1.54) is 76.6 Å². The third-order valence-electron chi connectivity index (χ3n) is 6.63. The molecule has 3 aromatic carbocycles. The highest BCUT2D eigenvalue weighted by molar-refractivity contribution is 5.89. The summed E-state index contributed by atoms with van der Waals surface area (Å²) in [5.41, 5.74) is 11.1. The highest BCUT2D eigenvalue weighted by Crippen LogP contribution is 2.46. The number of rotatable bonds is 3. The third kappa shape index (κ3) is 2.94. The normalized spacial score (nSPS) is 15.9. The van der Waals surface area contributed by atoms with Crippen LogP contribution in [0.25, 0.3) is 22.3 Å². The van der Waals surface area contributed by atoms with E-state index in [1.807, 2.05) is 0 Å². The van der Waals surface area contributed by atoms with Crippen LogP contribution in [0.3, 0.4) is 0 Å². The lowest BCUT2D eigenvalue weighted by Gasteiger charge is -2.25. The second-order valence-electron chi connectivity index (χ2n) is 8.43. The van der Waals surface area contributed by atoms with Gasteiger partial charge in [-0.15, -0.1) is 0 Å². The summed E-state index contributed by atoms with van der Waals surface area (Å²) in [6.45, 7) is 4.51. The SMILES string of the molecule is Cc1cc2c(c(-c3ccccc3OC3CCCCC3)c1C)Cc1ccccc1-2. The predicted octanol–water partition coefficient (Wildman–Crippen LogP) is 7.25. The maximum atomic E-state index is 6.57. The number of para-hydroxylation sites is 1. The molecule has 0 N–H and O–H groups in total. The Labute approximate surface area is 168 Å². The molecule has 0 heterocycles. The van der Waals surface area contributed by atoms with Crippen LogP contribution in [0.2, 0.25) is 0 Å². The molecule has 2 aliphatic rings. The molecule has 0 bridgehead atoms. The van der Waals surface area contributed by atoms with Crippen LogP contribution in [0.1, 0.15) is 54.4 Å². The zero-order valence-electron chi connectivity index (χ0n) is 16.9. The molecular formula is C27H28O. The number of benzene rings is 3. The molecule has 0 saturated heterocycles. The Kier molecular flexibility index (Phi) is 4.47. The van der Waals surface area contributed by atoms with Gasteiger partial charge in [-0.2, -0.15) is 0 Å². The Balaban J connectivity index is 1.64. The fraction of sp³-hybridized carbons (Fsp3) is 0.333. The number of hydrogen-bond acceptors (Lipinski definition) is 1. The van der Waals surface area contributed by atoms with Gasteiger partial charge >= 0.3 is 0 Å². The molecule has 0 spiro atoms. The van der Waals surface area contributed by atoms with E-state index in [0.29, 0.717) is 6.10 Å². The van der Waals surface area contributed by atoms with Crippen molar-refractivity contribution in [3.05, 3.63) is 76.9 Å². The molecule has 142 valence electrons. The van der Waals surface area contributed by atoms with E-state index in [0.717, 1.165) is 12.2 Å². The maximum Gasteiger partial charge on any atom is 0.127 e. The van der Waals surface area contributed by atoms with Crippen molar-refractivity contribution in [3.8, 4) is 28.0 Å². The van der Waals surface area contributed by atoms with Crippen LogP contribution < -0.4 is 4.74 Å². The van der Waals surface area contributed by atoms with Crippen LogP contribution in [0.5, 0.6) is 5.75 Å². The first-order chi connectivity index (χ1) is 13.7. The van der Waals surface area contributed by atoms with Crippen molar-refractivity contribution in [1.29, 1.82) is 0 Å². The molecule has 5 rings (SSSR count). The summed E-state index contributed by atoms with van der Waals surface area (Å²) in [7, 11) is 0. The molecule has 1 fully saturated rings. The lowest BCUT2D eigenvalue weighted by Crippen LogP contribution is -2.20. The van der Waals surface area contributed by atoms with Crippen molar-refractivity contribution in [1.82, 2.24) is 0 Å². The van der Waals surface area contributed by atoms with Gasteiger partial charge in [0.15, 0.2) is 0 Å². The molecule has 28 heavy (non-hydrogen) atoms. The first-order valence-electron chi connectivity index (χ1n) is 10.7. The fourth-order valence-electron chi connectivity index (χ4n) is 5.02. The van der Waals surface area contributed by atoms with Gasteiger partial charge in [-0.25, -0.2) is 0 Å². The third-order valence-corrected chi connectivity index (χ3v) is 6.63. The van der Waals surface area contributed by atoms with Gasteiger partial charge in [0.1, 0.15) is 5.75 Å². The summed E-state index contributed by atoms with van der Waals surface area (Å²) in [6.07, 6.45) is 7.69. The second-order valence-corrected chi connectivity index (χ2v) is 8.43. The quantitative estimate of drug-likeness (QED) is 0.370. The average Bonchev–Trinajstić information content (AvgIpc) is 3.08. The van der Waals surface area contributed by atoms with E-state index in [1.54, 1.807) is 0 Å². The van der Waals surface area contributed by atoms with Crippen molar-refractivity contribution < 1.29 is 4.74 Å². The van der Waals surface area contributed by atoms with Crippen LogP contribution in [0.15, 0.2) is 54.6 Å². The summed E-state index contributed by atoms with van der Waals surface area (Å²) in [5.74, 6) is 1.06. The summed E-state index contributed by atoms with van der Waals surface area (Å²) in [6, 6.07) is 19.9. The fourth-order valence-corrected chi connectivity index (χ4v) is 5.02. The first-order valence-corrected chi connectivity index (χ1v) is 10.7. The van der Waals surface area contributed by atoms with Gasteiger partial charge in [-0.1, -0.05) is 55.0 Å². The van der Waals surface area contributed by atoms with Gasteiger partial charge in [0.25, 0.3) is 0 Å². The number of ether oxygens (including phenoxy) is 1. The molecular weight excluding hydrogens is 340 g/mol. The Hall–Kier alpha value is -2.54. The second kappa shape index (κ2) is 7.13. The lowest BCUT2D eigenvalue weighted by atomic mass is 9.88. The molecule has 1 saturated carbocycles. The monoisotopic (exact) mass is 368 g/mol. The molecule has 0 radical (unpaired) electrons. The summed E-state index contributed by atoms with van der Waals surface area (Å²) >= 11 is 0. The van der Waals surface area contributed by atoms with E-state index in [-0.39, 0.29) is 0 Å². The van der Waals surface area contributed by atoms with Crippen LogP contribution in [-0.4, -0.2) is 6.10 Å². The standard InChI is InChI=1S/C27H28O/c1-18-16-24-22-13-7-6-10-20(22)17-25(24)27(19(18)2)23-14-8-9-15-26(23)28-21-11-4-3-5-12-21/h6-10,13-16,21H,3-5,11-12,17H2,1-2H3. The zero-order chi connectivity index (χ0) is 19.1. The summed E-state index contributed by atoms with van der Waals surface area (Å²) < 4.78 is 6.57. The van der Waals surface area contributed by atoms with Crippen molar-refractivity contribution in [3.63, 3.8) is 0 Å². The van der Waals surface area contributed by atoms with E-state index in [4.69, 9.17) is 4.74 Å². The number of fused-ring (bicyclic) bond motifs is 3. The smallest absolute Gasteiger partial charge is 0.127 e. The van der Waals surface area contributed by atoms with Crippen LogP contribution in [0.4, 0.5) is 0 Å². The molecule has 2 aliphatic carbocycles. The Morgan fingerprint density at radius 3 is 2.32 bits per heavy atom.